The number of fused-ring (bicyclic) bond motifs is 1. The normalized spacial score (nSPS) is 16.1. The van der Waals surface area contributed by atoms with Gasteiger partial charge in [0.05, 0.1) is 11.6 Å². The molecule has 1 aromatic carbocycles. The molecule has 3 heterocycles. The van der Waals surface area contributed by atoms with E-state index < -0.39 is 0 Å². The molecule has 0 amide bonds. The number of aryl methyl sites for hydroxylation is 1. The monoisotopic (exact) mass is 329 g/mol. The quantitative estimate of drug-likeness (QED) is 0.781. The highest BCUT2D eigenvalue weighted by atomic mass is 16.5. The van der Waals surface area contributed by atoms with E-state index in [1.165, 1.54) is 0 Å². The summed E-state index contributed by atoms with van der Waals surface area (Å²) in [6.45, 7) is 1.90. The van der Waals surface area contributed by atoms with Crippen LogP contribution in [-0.4, -0.2) is 14.5 Å². The molecule has 2 aromatic heterocycles. The van der Waals surface area contributed by atoms with Gasteiger partial charge < -0.3 is 10.5 Å². The number of allylic oxidation sites excluding steroid dienone is 1. The second kappa shape index (κ2) is 5.80. The SMILES string of the molecule is Cc1nc2c(n1-c1ccccc1)OC(N)=C(C#N)C2c1ccncc1. The van der Waals surface area contributed by atoms with Crippen molar-refractivity contribution in [1.29, 1.82) is 5.26 Å². The molecule has 6 heteroatoms. The number of nitriles is 1. The van der Waals surface area contributed by atoms with Gasteiger partial charge in [0, 0.05) is 12.4 Å². The number of pyridine rings is 1. The highest BCUT2D eigenvalue weighted by molar-refractivity contribution is 5.54. The first-order valence-corrected chi connectivity index (χ1v) is 7.83. The summed E-state index contributed by atoms with van der Waals surface area (Å²) in [5.41, 5.74) is 8.93. The predicted octanol–water partition coefficient (Wildman–Crippen LogP) is 2.79. The Bertz CT molecular complexity index is 1000. The van der Waals surface area contributed by atoms with E-state index in [0.717, 1.165) is 17.1 Å². The second-order valence-corrected chi connectivity index (χ2v) is 5.73. The van der Waals surface area contributed by atoms with Gasteiger partial charge in [-0.15, -0.1) is 0 Å². The average molecular weight is 329 g/mol. The summed E-state index contributed by atoms with van der Waals surface area (Å²) in [5.74, 6) is 1.04. The fraction of sp³-hybridized carbons (Fsp3) is 0.105. The van der Waals surface area contributed by atoms with Crippen LogP contribution in [0.3, 0.4) is 0 Å². The number of aromatic nitrogens is 3. The summed E-state index contributed by atoms with van der Waals surface area (Å²) in [4.78, 5) is 8.74. The lowest BCUT2D eigenvalue weighted by Gasteiger charge is -2.23. The number of para-hydroxylation sites is 1. The topological polar surface area (TPSA) is 89.8 Å². The molecule has 0 spiro atoms. The minimum Gasteiger partial charge on any atom is -0.422 e. The molecule has 1 unspecified atom stereocenters. The number of hydrogen-bond donors (Lipinski definition) is 1. The molecule has 1 atom stereocenters. The maximum Gasteiger partial charge on any atom is 0.230 e. The Kier molecular flexibility index (Phi) is 3.47. The van der Waals surface area contributed by atoms with Crippen LogP contribution in [0.1, 0.15) is 23.0 Å². The lowest BCUT2D eigenvalue weighted by atomic mass is 9.88. The third-order valence-corrected chi connectivity index (χ3v) is 4.24. The molecule has 1 aliphatic heterocycles. The van der Waals surface area contributed by atoms with Crippen molar-refractivity contribution in [3.63, 3.8) is 0 Å². The van der Waals surface area contributed by atoms with E-state index in [0.29, 0.717) is 17.1 Å². The molecule has 0 bridgehead atoms. The third-order valence-electron chi connectivity index (χ3n) is 4.24. The summed E-state index contributed by atoms with van der Waals surface area (Å²) < 4.78 is 7.72. The number of benzene rings is 1. The standard InChI is InChI=1S/C19H15N5O/c1-12-23-17-16(13-7-9-22-10-8-13)15(11-20)18(21)25-19(17)24(12)14-5-3-2-4-6-14/h2-10,16H,21H2,1H3. The Balaban J connectivity index is 1.96. The number of ether oxygens (including phenoxy) is 1. The molecular formula is C19H15N5O. The van der Waals surface area contributed by atoms with E-state index in [-0.39, 0.29) is 11.8 Å². The van der Waals surface area contributed by atoms with Crippen LogP contribution >= 0.6 is 0 Å². The zero-order chi connectivity index (χ0) is 17.4. The lowest BCUT2D eigenvalue weighted by Crippen LogP contribution is -2.22. The molecular weight excluding hydrogens is 314 g/mol. The van der Waals surface area contributed by atoms with Crippen LogP contribution in [-0.2, 0) is 0 Å². The second-order valence-electron chi connectivity index (χ2n) is 5.73. The third kappa shape index (κ3) is 2.34. The van der Waals surface area contributed by atoms with Crippen molar-refractivity contribution in [2.75, 3.05) is 0 Å². The zero-order valence-electron chi connectivity index (χ0n) is 13.5. The molecule has 2 N–H and O–H groups in total. The average Bonchev–Trinajstić information content (AvgIpc) is 2.97. The van der Waals surface area contributed by atoms with Crippen LogP contribution in [0, 0.1) is 18.3 Å². The minimum absolute atomic E-state index is 0.105. The summed E-state index contributed by atoms with van der Waals surface area (Å²) in [7, 11) is 0. The minimum atomic E-state index is -0.375. The van der Waals surface area contributed by atoms with Gasteiger partial charge in [0.2, 0.25) is 11.8 Å². The lowest BCUT2D eigenvalue weighted by molar-refractivity contribution is 0.370. The van der Waals surface area contributed by atoms with Crippen LogP contribution in [0.2, 0.25) is 0 Å². The van der Waals surface area contributed by atoms with Crippen molar-refractivity contribution < 1.29 is 4.74 Å². The van der Waals surface area contributed by atoms with Crippen LogP contribution in [0.5, 0.6) is 5.88 Å². The summed E-state index contributed by atoms with van der Waals surface area (Å²) in [6.07, 6.45) is 3.38. The molecule has 0 saturated carbocycles. The smallest absolute Gasteiger partial charge is 0.230 e. The van der Waals surface area contributed by atoms with E-state index in [1.54, 1.807) is 12.4 Å². The van der Waals surface area contributed by atoms with E-state index in [2.05, 4.69) is 11.1 Å². The van der Waals surface area contributed by atoms with E-state index in [1.807, 2.05) is 54.0 Å². The molecule has 122 valence electrons. The van der Waals surface area contributed by atoms with Gasteiger partial charge in [0.25, 0.3) is 0 Å². The first-order valence-electron chi connectivity index (χ1n) is 7.83. The van der Waals surface area contributed by atoms with Gasteiger partial charge in [-0.3, -0.25) is 9.55 Å². The highest BCUT2D eigenvalue weighted by Crippen LogP contribution is 2.42. The first kappa shape index (κ1) is 15.0. The van der Waals surface area contributed by atoms with Crippen LogP contribution in [0.15, 0.2) is 66.3 Å². The highest BCUT2D eigenvalue weighted by Gasteiger charge is 2.35. The number of rotatable bonds is 2. The van der Waals surface area contributed by atoms with Crippen LogP contribution in [0.4, 0.5) is 0 Å². The maximum absolute atomic E-state index is 9.59. The molecule has 0 aliphatic carbocycles. The Morgan fingerprint density at radius 1 is 1.16 bits per heavy atom. The Hall–Kier alpha value is -3.59. The largest absolute Gasteiger partial charge is 0.422 e. The van der Waals surface area contributed by atoms with Gasteiger partial charge in [-0.05, 0) is 36.8 Å². The number of imidazole rings is 1. The Morgan fingerprint density at radius 3 is 2.56 bits per heavy atom. The number of hydrogen-bond acceptors (Lipinski definition) is 5. The van der Waals surface area contributed by atoms with Gasteiger partial charge in [0.15, 0.2) is 0 Å². The molecule has 1 aliphatic rings. The van der Waals surface area contributed by atoms with Gasteiger partial charge >= 0.3 is 0 Å². The van der Waals surface area contributed by atoms with Crippen molar-refractivity contribution in [3.05, 3.63) is 83.4 Å². The van der Waals surface area contributed by atoms with E-state index in [4.69, 9.17) is 15.5 Å². The maximum atomic E-state index is 9.59. The van der Waals surface area contributed by atoms with E-state index >= 15 is 0 Å². The van der Waals surface area contributed by atoms with Crippen molar-refractivity contribution in [2.45, 2.75) is 12.8 Å². The van der Waals surface area contributed by atoms with Crippen LogP contribution in [0.25, 0.3) is 5.69 Å². The van der Waals surface area contributed by atoms with Gasteiger partial charge in [0.1, 0.15) is 23.2 Å². The van der Waals surface area contributed by atoms with Crippen molar-refractivity contribution >= 4 is 0 Å². The van der Waals surface area contributed by atoms with Gasteiger partial charge in [-0.2, -0.15) is 5.26 Å². The molecule has 0 fully saturated rings. The predicted molar refractivity (Wildman–Crippen MR) is 91.8 cm³/mol. The fourth-order valence-corrected chi connectivity index (χ4v) is 3.14. The number of nitrogens with two attached hydrogens (primary N) is 1. The van der Waals surface area contributed by atoms with Crippen molar-refractivity contribution in [2.24, 2.45) is 5.73 Å². The Morgan fingerprint density at radius 2 is 1.88 bits per heavy atom. The summed E-state index contributed by atoms with van der Waals surface area (Å²) >= 11 is 0. The Labute approximate surface area is 144 Å². The summed E-state index contributed by atoms with van der Waals surface area (Å²) in [5, 5.41) is 9.59. The molecule has 0 saturated heterocycles. The van der Waals surface area contributed by atoms with Crippen molar-refractivity contribution in [3.8, 4) is 17.6 Å². The molecule has 3 aromatic rings. The molecule has 4 rings (SSSR count). The number of nitrogens with zero attached hydrogens (tertiary/aromatic N) is 4. The summed E-state index contributed by atoms with van der Waals surface area (Å²) in [6, 6.07) is 15.7. The van der Waals surface area contributed by atoms with Gasteiger partial charge in [-0.25, -0.2) is 4.98 Å². The molecule has 25 heavy (non-hydrogen) atoms. The van der Waals surface area contributed by atoms with Gasteiger partial charge in [-0.1, -0.05) is 18.2 Å². The fourth-order valence-electron chi connectivity index (χ4n) is 3.14. The molecule has 6 nitrogen and oxygen atoms in total. The zero-order valence-corrected chi connectivity index (χ0v) is 13.5. The van der Waals surface area contributed by atoms with Crippen molar-refractivity contribution in [1.82, 2.24) is 14.5 Å². The van der Waals surface area contributed by atoms with E-state index in [9.17, 15) is 5.26 Å². The van der Waals surface area contributed by atoms with Crippen LogP contribution < -0.4 is 10.5 Å². The molecule has 0 radical (unpaired) electrons. The first-order chi connectivity index (χ1) is 12.2.